The molecule has 0 fully saturated rings. The molecule has 6 nitrogen and oxygen atoms in total. The maximum absolute atomic E-state index is 12.4. The van der Waals surface area contributed by atoms with Crippen LogP contribution < -0.4 is 4.74 Å². The van der Waals surface area contributed by atoms with Crippen molar-refractivity contribution in [3.63, 3.8) is 0 Å². The third-order valence-corrected chi connectivity index (χ3v) is 3.28. The predicted octanol–water partition coefficient (Wildman–Crippen LogP) is 3.92. The van der Waals surface area contributed by atoms with Gasteiger partial charge in [0.05, 0.1) is 10.6 Å². The van der Waals surface area contributed by atoms with E-state index in [2.05, 4.69) is 19.9 Å². The van der Waals surface area contributed by atoms with Crippen LogP contribution in [0.2, 0.25) is 5.02 Å². The molecule has 128 valence electrons. The molecular weight excluding hydrogens is 363 g/mol. The minimum absolute atomic E-state index is 0.0533. The second-order valence-corrected chi connectivity index (χ2v) is 5.04. The van der Waals surface area contributed by atoms with Gasteiger partial charge in [-0.15, -0.1) is 10.2 Å². The zero-order valence-corrected chi connectivity index (χ0v) is 12.9. The van der Waals surface area contributed by atoms with E-state index in [-0.39, 0.29) is 17.3 Å². The molecule has 0 atom stereocenters. The number of carbonyl (C=O) groups excluding carboxylic acids is 1. The van der Waals surface area contributed by atoms with Crippen LogP contribution in [0.1, 0.15) is 0 Å². The molecule has 0 spiro atoms. The number of nitrogens with zero attached hydrogens (tertiary/aromatic N) is 3. The van der Waals surface area contributed by atoms with Crippen LogP contribution >= 0.6 is 11.6 Å². The highest BCUT2D eigenvalue weighted by atomic mass is 35.5. The predicted molar refractivity (Wildman–Crippen MR) is 79.7 cm³/mol. The molecule has 3 aromatic rings. The molecule has 0 bridgehead atoms. The topological polar surface area (TPSA) is 78.1 Å². The molecule has 1 aromatic carbocycles. The first-order chi connectivity index (χ1) is 11.9. The summed E-state index contributed by atoms with van der Waals surface area (Å²) in [5, 5.41) is 7.90. The number of carbonyl (C=O) groups is 1. The van der Waals surface area contributed by atoms with Gasteiger partial charge >= 0.3 is 12.1 Å². The van der Waals surface area contributed by atoms with Gasteiger partial charge in [0.2, 0.25) is 11.8 Å². The lowest BCUT2D eigenvalue weighted by Gasteiger charge is -2.07. The second-order valence-electron chi connectivity index (χ2n) is 4.64. The Bertz CT molecular complexity index is 927. The van der Waals surface area contributed by atoms with Crippen LogP contribution in [-0.4, -0.2) is 27.3 Å². The molecule has 0 saturated heterocycles. The van der Waals surface area contributed by atoms with Gasteiger partial charge in [0, 0.05) is 6.20 Å². The molecule has 0 N–H and O–H groups in total. The van der Waals surface area contributed by atoms with Crippen LogP contribution in [0, 0.1) is 0 Å². The molecule has 2 heterocycles. The van der Waals surface area contributed by atoms with Crippen molar-refractivity contribution in [2.45, 2.75) is 6.18 Å². The van der Waals surface area contributed by atoms with Crippen LogP contribution in [0.15, 0.2) is 47.0 Å². The Balaban J connectivity index is 1.96. The number of hydrogen-bond acceptors (Lipinski definition) is 6. The van der Waals surface area contributed by atoms with Crippen LogP contribution in [0.25, 0.3) is 22.9 Å². The second kappa shape index (κ2) is 6.52. The van der Waals surface area contributed by atoms with E-state index in [9.17, 15) is 18.0 Å². The van der Waals surface area contributed by atoms with Gasteiger partial charge in [-0.2, -0.15) is 13.2 Å². The summed E-state index contributed by atoms with van der Waals surface area (Å²) >= 11 is 6.03. The third kappa shape index (κ3) is 3.61. The van der Waals surface area contributed by atoms with E-state index in [0.717, 1.165) is 6.20 Å². The Morgan fingerprint density at radius 2 is 1.68 bits per heavy atom. The quantitative estimate of drug-likeness (QED) is 0.651. The van der Waals surface area contributed by atoms with Gasteiger partial charge in [0.1, 0.15) is 5.56 Å². The van der Waals surface area contributed by atoms with E-state index in [4.69, 9.17) is 16.0 Å². The molecule has 0 amide bonds. The molecule has 0 radical (unpaired) electrons. The largest absolute Gasteiger partial charge is 0.491 e. The summed E-state index contributed by atoms with van der Waals surface area (Å²) in [7, 11) is 0. The molecule has 0 saturated carbocycles. The maximum atomic E-state index is 12.4. The number of aromatic nitrogens is 3. The lowest BCUT2D eigenvalue weighted by Crippen LogP contribution is -2.28. The van der Waals surface area contributed by atoms with E-state index >= 15 is 0 Å². The fraction of sp³-hybridized carbons (Fsp3) is 0.0667. The van der Waals surface area contributed by atoms with Gasteiger partial charge < -0.3 is 9.15 Å². The van der Waals surface area contributed by atoms with Crippen LogP contribution in [0.4, 0.5) is 13.2 Å². The van der Waals surface area contributed by atoms with Crippen molar-refractivity contribution in [1.82, 2.24) is 15.2 Å². The standard InChI is InChI=1S/C15H7ClF3N3O3/c16-10-6-2-1-4-8(10)12-21-22-13(24-12)9-5-3-7-20-11(9)25-14(23)15(17,18)19/h1-7H. The third-order valence-electron chi connectivity index (χ3n) is 2.95. The summed E-state index contributed by atoms with van der Waals surface area (Å²) in [6.07, 6.45) is -4.00. The van der Waals surface area contributed by atoms with Gasteiger partial charge in [0.15, 0.2) is 0 Å². The number of ether oxygens (including phenoxy) is 1. The average Bonchev–Trinajstić information content (AvgIpc) is 3.04. The Labute approximate surface area is 143 Å². The minimum atomic E-state index is -5.16. The highest BCUT2D eigenvalue weighted by molar-refractivity contribution is 6.33. The fourth-order valence-electron chi connectivity index (χ4n) is 1.86. The van der Waals surface area contributed by atoms with Gasteiger partial charge in [-0.25, -0.2) is 9.78 Å². The molecule has 0 aliphatic rings. The molecular formula is C15H7ClF3N3O3. The van der Waals surface area contributed by atoms with Crippen molar-refractivity contribution in [1.29, 1.82) is 0 Å². The summed E-state index contributed by atoms with van der Waals surface area (Å²) in [6.45, 7) is 0. The van der Waals surface area contributed by atoms with Gasteiger partial charge in [-0.3, -0.25) is 0 Å². The van der Waals surface area contributed by atoms with Crippen molar-refractivity contribution >= 4 is 17.6 Å². The Morgan fingerprint density at radius 1 is 1.04 bits per heavy atom. The number of alkyl halides is 3. The summed E-state index contributed by atoms with van der Waals surface area (Å²) in [4.78, 5) is 14.6. The first kappa shape index (κ1) is 16.9. The van der Waals surface area contributed by atoms with E-state index < -0.39 is 18.0 Å². The maximum Gasteiger partial charge on any atom is 0.491 e. The van der Waals surface area contributed by atoms with Crippen molar-refractivity contribution in [2.75, 3.05) is 0 Å². The minimum Gasteiger partial charge on any atom is -0.416 e. The van der Waals surface area contributed by atoms with E-state index in [0.29, 0.717) is 10.6 Å². The smallest absolute Gasteiger partial charge is 0.416 e. The lowest BCUT2D eigenvalue weighted by molar-refractivity contribution is -0.189. The Morgan fingerprint density at radius 3 is 2.36 bits per heavy atom. The SMILES string of the molecule is O=C(Oc1ncccc1-c1nnc(-c2ccccc2Cl)o1)C(F)(F)F. The number of esters is 1. The molecule has 0 aliphatic carbocycles. The number of pyridine rings is 1. The summed E-state index contributed by atoms with van der Waals surface area (Å²) < 4.78 is 46.8. The van der Waals surface area contributed by atoms with Crippen molar-refractivity contribution in [3.8, 4) is 28.8 Å². The van der Waals surface area contributed by atoms with E-state index in [1.54, 1.807) is 24.3 Å². The highest BCUT2D eigenvalue weighted by Crippen LogP contribution is 2.32. The average molecular weight is 370 g/mol. The molecule has 25 heavy (non-hydrogen) atoms. The first-order valence-electron chi connectivity index (χ1n) is 6.69. The summed E-state index contributed by atoms with van der Waals surface area (Å²) in [5.41, 5.74) is 0.381. The molecule has 10 heteroatoms. The molecule has 2 aromatic heterocycles. The van der Waals surface area contributed by atoms with Crippen LogP contribution in [0.3, 0.4) is 0 Å². The van der Waals surface area contributed by atoms with Crippen molar-refractivity contribution < 1.29 is 27.1 Å². The number of halogens is 4. The van der Waals surface area contributed by atoms with Crippen LogP contribution in [-0.2, 0) is 4.79 Å². The van der Waals surface area contributed by atoms with Crippen molar-refractivity contribution in [2.24, 2.45) is 0 Å². The molecule has 3 rings (SSSR count). The monoisotopic (exact) mass is 369 g/mol. The normalized spacial score (nSPS) is 11.4. The zero-order chi connectivity index (χ0) is 18.0. The Kier molecular flexibility index (Phi) is 4.41. The van der Waals surface area contributed by atoms with E-state index in [1.165, 1.54) is 12.1 Å². The van der Waals surface area contributed by atoms with Gasteiger partial charge in [-0.1, -0.05) is 23.7 Å². The number of rotatable bonds is 3. The van der Waals surface area contributed by atoms with Gasteiger partial charge in [0.25, 0.3) is 5.89 Å². The van der Waals surface area contributed by atoms with Crippen LogP contribution in [0.5, 0.6) is 5.88 Å². The summed E-state index contributed by atoms with van der Waals surface area (Å²) in [5.74, 6) is -3.12. The number of hydrogen-bond donors (Lipinski definition) is 0. The Hall–Kier alpha value is -2.94. The zero-order valence-electron chi connectivity index (χ0n) is 12.1. The fourth-order valence-corrected chi connectivity index (χ4v) is 2.07. The van der Waals surface area contributed by atoms with Crippen molar-refractivity contribution in [3.05, 3.63) is 47.6 Å². The molecule has 0 unspecified atom stereocenters. The highest BCUT2D eigenvalue weighted by Gasteiger charge is 2.42. The summed E-state index contributed by atoms with van der Waals surface area (Å²) in [6, 6.07) is 9.40. The first-order valence-corrected chi connectivity index (χ1v) is 7.07. The molecule has 0 aliphatic heterocycles. The van der Waals surface area contributed by atoms with Gasteiger partial charge in [-0.05, 0) is 24.3 Å². The number of benzene rings is 1. The lowest BCUT2D eigenvalue weighted by atomic mass is 10.2. The van der Waals surface area contributed by atoms with E-state index in [1.807, 2.05) is 0 Å².